The highest BCUT2D eigenvalue weighted by molar-refractivity contribution is 5.98. The van der Waals surface area contributed by atoms with Gasteiger partial charge >= 0.3 is 0 Å². The van der Waals surface area contributed by atoms with Gasteiger partial charge in [-0.15, -0.1) is 0 Å². The maximum absolute atomic E-state index is 14.7. The Morgan fingerprint density at radius 1 is 0.851 bits per heavy atom. The van der Waals surface area contributed by atoms with Crippen molar-refractivity contribution >= 4 is 69.7 Å². The van der Waals surface area contributed by atoms with Crippen molar-refractivity contribution in [1.29, 1.82) is 0 Å². The van der Waals surface area contributed by atoms with E-state index < -0.39 is 88.9 Å². The van der Waals surface area contributed by atoms with Gasteiger partial charge in [0, 0.05) is 98.9 Å². The van der Waals surface area contributed by atoms with E-state index in [9.17, 15) is 43.2 Å². The molecule has 1 fully saturated rings. The fraction of sp³-hybridized carbons (Fsp3) is 0.491. The number of unbranched alkanes of at least 4 members (excludes halogenated alkanes) is 1. The van der Waals surface area contributed by atoms with Crippen LogP contribution in [0, 0.1) is 17.8 Å². The highest BCUT2D eigenvalue weighted by Gasteiger charge is 2.35. The maximum atomic E-state index is 14.7. The van der Waals surface area contributed by atoms with Gasteiger partial charge in [-0.2, -0.15) is 0 Å². The summed E-state index contributed by atoms with van der Waals surface area (Å²) in [4.78, 5) is 139. The molecule has 1 aliphatic rings. The van der Waals surface area contributed by atoms with Crippen LogP contribution in [0.2, 0.25) is 0 Å². The Kier molecular flexibility index (Phi) is 22.5. The lowest BCUT2D eigenvalue weighted by molar-refractivity contribution is -0.135. The molecule has 0 spiro atoms. The second kappa shape index (κ2) is 29.1. The fourth-order valence-electron chi connectivity index (χ4n) is 9.21. The zero-order valence-corrected chi connectivity index (χ0v) is 42.3. The van der Waals surface area contributed by atoms with Crippen LogP contribution < -0.4 is 43.8 Å². The molecule has 398 valence electrons. The van der Waals surface area contributed by atoms with Crippen LogP contribution in [0.25, 0.3) is 10.9 Å². The number of rotatable bonds is 20. The molecule has 0 bridgehead atoms. The van der Waals surface area contributed by atoms with Crippen LogP contribution >= 0.6 is 0 Å². The minimum absolute atomic E-state index is 0.00713. The van der Waals surface area contributed by atoms with Crippen LogP contribution in [0.1, 0.15) is 108 Å². The molecule has 4 aromatic rings. The van der Waals surface area contributed by atoms with Gasteiger partial charge in [-0.1, -0.05) is 68.3 Å². The minimum atomic E-state index is -1.37. The number of primary amides is 1. The number of ketones is 3. The quantitative estimate of drug-likeness (QED) is 0.0346. The number of guanidine groups is 1. The monoisotopic (exact) mass is 1020 g/mol. The van der Waals surface area contributed by atoms with Crippen molar-refractivity contribution in [2.45, 2.75) is 134 Å². The largest absolute Gasteiger partial charge is 0.370 e. The Bertz CT molecular complexity index is 2580. The summed E-state index contributed by atoms with van der Waals surface area (Å²) in [6, 6.07) is 11.5. The van der Waals surface area contributed by atoms with Gasteiger partial charge in [-0.25, -0.2) is 4.98 Å². The predicted molar refractivity (Wildman–Crippen MR) is 277 cm³/mol. The van der Waals surface area contributed by atoms with E-state index >= 15 is 0 Å². The second-order valence-electron chi connectivity index (χ2n) is 19.1. The average Bonchev–Trinajstić information content (AvgIpc) is 4.04. The molecule has 2 aromatic heterocycles. The Hall–Kier alpha value is -7.71. The first-order valence-corrected chi connectivity index (χ1v) is 25.4. The van der Waals surface area contributed by atoms with E-state index in [1.54, 1.807) is 36.5 Å². The van der Waals surface area contributed by atoms with E-state index in [1.807, 2.05) is 31.2 Å². The number of carbonyl (C=O) groups is 9. The first kappa shape index (κ1) is 57.2. The number of nitrogens with two attached hydrogens (primary N) is 3. The molecule has 21 heteroatoms. The van der Waals surface area contributed by atoms with Gasteiger partial charge in [0.2, 0.25) is 35.4 Å². The SMILES string of the molecule is CCCC[C@H](NC(C)=O)C(=O)N[C@H]1CCC(=O)NCCC[C@@H](C(=O)C[C@@H](Cc2c[nH]c3ccccc23)C(N)=O)CC(=O)[C@H](CCCN=C(N)N)CC(=O)[C@@H](Cc2ccccc2)NC(=O)[C@H](Cc2cnc[nH]2)NC1=O. The van der Waals surface area contributed by atoms with Crippen LogP contribution in [0.3, 0.4) is 0 Å². The molecular weight excluding hydrogens is 949 g/mol. The lowest BCUT2D eigenvalue weighted by atomic mass is 9.81. The molecule has 1 saturated heterocycles. The molecule has 2 aromatic carbocycles. The Morgan fingerprint density at radius 3 is 2.30 bits per heavy atom. The van der Waals surface area contributed by atoms with E-state index in [0.717, 1.165) is 22.9 Å². The van der Waals surface area contributed by atoms with Crippen molar-refractivity contribution in [2.24, 2.45) is 39.9 Å². The van der Waals surface area contributed by atoms with Crippen LogP contribution in [-0.4, -0.2) is 111 Å². The average molecular weight is 1020 g/mol. The zero-order valence-electron chi connectivity index (χ0n) is 42.3. The third-order valence-corrected chi connectivity index (χ3v) is 13.3. The normalized spacial score (nSPS) is 20.5. The number of benzene rings is 2. The van der Waals surface area contributed by atoms with Gasteiger partial charge in [0.25, 0.3) is 0 Å². The number of para-hydroxylation sites is 1. The summed E-state index contributed by atoms with van der Waals surface area (Å²) < 4.78 is 0. The number of nitrogens with zero attached hydrogens (tertiary/aromatic N) is 2. The smallest absolute Gasteiger partial charge is 0.243 e. The highest BCUT2D eigenvalue weighted by atomic mass is 16.2. The van der Waals surface area contributed by atoms with E-state index in [1.165, 1.54) is 19.4 Å². The predicted octanol–water partition coefficient (Wildman–Crippen LogP) is 2.02. The summed E-state index contributed by atoms with van der Waals surface area (Å²) in [7, 11) is 0. The van der Waals surface area contributed by atoms with Gasteiger partial charge in [0.05, 0.1) is 12.4 Å². The number of aromatic amines is 2. The molecule has 7 atom stereocenters. The summed E-state index contributed by atoms with van der Waals surface area (Å²) in [5.74, 6) is -8.14. The van der Waals surface area contributed by atoms with Crippen molar-refractivity contribution < 1.29 is 43.2 Å². The van der Waals surface area contributed by atoms with Crippen LogP contribution in [-0.2, 0) is 62.4 Å². The summed E-state index contributed by atoms with van der Waals surface area (Å²) >= 11 is 0. The van der Waals surface area contributed by atoms with Gasteiger partial charge in [0.1, 0.15) is 29.7 Å². The molecule has 1 aliphatic heterocycles. The third kappa shape index (κ3) is 18.4. The molecule has 3 heterocycles. The van der Waals surface area contributed by atoms with E-state index in [0.29, 0.717) is 17.7 Å². The molecule has 74 heavy (non-hydrogen) atoms. The molecule has 5 rings (SSSR count). The molecule has 21 nitrogen and oxygen atoms in total. The molecule has 0 aliphatic carbocycles. The first-order valence-electron chi connectivity index (χ1n) is 25.4. The van der Waals surface area contributed by atoms with E-state index in [-0.39, 0.29) is 108 Å². The van der Waals surface area contributed by atoms with Crippen LogP contribution in [0.4, 0.5) is 0 Å². The molecule has 0 unspecified atom stereocenters. The Labute approximate surface area is 430 Å². The molecular formula is C53H72N12O9. The van der Waals surface area contributed by atoms with Gasteiger partial charge in [0.15, 0.2) is 11.7 Å². The molecule has 0 saturated carbocycles. The standard InChI is InChI=1S/C53H72N12O9/c1-3-4-17-41(62-32(2)66)50(72)63-42-19-20-48(70)58-21-10-14-34(46(68)27-36(49(54)71)24-37-29-60-40-18-9-8-16-39(37)40)25-45(67)35(15-11-22-59-53(55)56)26-47(69)43(23-33-12-6-5-7-13-33)64-52(74)44(65-51(42)73)28-38-30-57-31-61-38/h5-9,12-13,16,18,29-31,34-36,41-44,60H,3-4,10-11,14-15,17,19-28H2,1-2H3,(H2,54,71)(H,57,61)(H,58,70)(H,62,66)(H,63,72)(H,64,74)(H,65,73)(H4,55,56,59)/t34-,35-,36-,41+,42+,43-,44+/m1/s1. The summed E-state index contributed by atoms with van der Waals surface area (Å²) in [6.07, 6.45) is 5.63. The van der Waals surface area contributed by atoms with Crippen molar-refractivity contribution in [1.82, 2.24) is 41.5 Å². The second-order valence-corrected chi connectivity index (χ2v) is 19.1. The number of H-pyrrole nitrogens is 2. The molecule has 13 N–H and O–H groups in total. The fourth-order valence-corrected chi connectivity index (χ4v) is 9.21. The number of aromatic nitrogens is 3. The minimum Gasteiger partial charge on any atom is -0.370 e. The first-order chi connectivity index (χ1) is 35.5. The van der Waals surface area contributed by atoms with Crippen molar-refractivity contribution in [2.75, 3.05) is 13.1 Å². The molecule has 6 amide bonds. The van der Waals surface area contributed by atoms with Crippen molar-refractivity contribution in [3.8, 4) is 0 Å². The number of hydrogen-bond acceptors (Lipinski definition) is 11. The molecule has 0 radical (unpaired) electrons. The number of amides is 6. The number of carbonyl (C=O) groups excluding carboxylic acids is 9. The third-order valence-electron chi connectivity index (χ3n) is 13.3. The van der Waals surface area contributed by atoms with Crippen molar-refractivity contribution in [3.05, 3.63) is 90.1 Å². The topological polar surface area (TPSA) is 349 Å². The van der Waals surface area contributed by atoms with E-state index in [4.69, 9.17) is 17.2 Å². The number of hydrogen-bond donors (Lipinski definition) is 10. The number of imidazole rings is 1. The lowest BCUT2D eigenvalue weighted by Gasteiger charge is -2.27. The van der Waals surface area contributed by atoms with Gasteiger partial charge < -0.3 is 53.8 Å². The summed E-state index contributed by atoms with van der Waals surface area (Å²) in [6.45, 7) is 3.40. The Balaban J connectivity index is 1.51. The Morgan fingerprint density at radius 2 is 1.59 bits per heavy atom. The van der Waals surface area contributed by atoms with E-state index in [2.05, 4.69) is 46.5 Å². The van der Waals surface area contributed by atoms with Gasteiger partial charge in [-0.05, 0) is 68.6 Å². The zero-order chi connectivity index (χ0) is 53.6. The number of fused-ring (bicyclic) bond motifs is 1. The van der Waals surface area contributed by atoms with Gasteiger partial charge in [-0.3, -0.25) is 48.1 Å². The van der Waals surface area contributed by atoms with Crippen molar-refractivity contribution in [3.63, 3.8) is 0 Å². The maximum Gasteiger partial charge on any atom is 0.243 e. The summed E-state index contributed by atoms with van der Waals surface area (Å²) in [5, 5.41) is 14.6. The summed E-state index contributed by atoms with van der Waals surface area (Å²) in [5.41, 5.74) is 19.9. The van der Waals surface area contributed by atoms with Crippen LogP contribution in [0.15, 0.2) is 78.3 Å². The number of Topliss-reactive ketones (excluding diaryl/α,β-unsaturated/α-hetero) is 3. The number of aliphatic imine (C=N–C) groups is 1. The number of nitrogens with one attached hydrogen (secondary N) is 7. The lowest BCUT2D eigenvalue weighted by Crippen LogP contribution is -2.58. The highest BCUT2D eigenvalue weighted by Crippen LogP contribution is 2.27. The van der Waals surface area contributed by atoms with Crippen LogP contribution in [0.5, 0.6) is 0 Å².